The first kappa shape index (κ1) is 26.2. The molecule has 180 valence electrons. The number of para-hydroxylation sites is 1. The largest absolute Gasteiger partial charge is 0.354 e. The third kappa shape index (κ3) is 7.24. The highest BCUT2D eigenvalue weighted by Gasteiger charge is 2.31. The molecule has 0 heterocycles. The molecule has 0 radical (unpaired) electrons. The number of benzene rings is 2. The van der Waals surface area contributed by atoms with E-state index in [-0.39, 0.29) is 23.7 Å². The van der Waals surface area contributed by atoms with Crippen LogP contribution in [0.3, 0.4) is 0 Å². The van der Waals surface area contributed by atoms with Gasteiger partial charge < -0.3 is 10.2 Å². The van der Waals surface area contributed by atoms with E-state index in [1.165, 1.54) is 43.3 Å². The molecule has 1 atom stereocenters. The number of amides is 2. The number of halogens is 2. The lowest BCUT2D eigenvalue weighted by Gasteiger charge is -2.31. The van der Waals surface area contributed by atoms with Crippen molar-refractivity contribution in [3.05, 3.63) is 65.7 Å². The lowest BCUT2D eigenvalue weighted by atomic mass is 10.1. The molecule has 33 heavy (non-hydrogen) atoms. The van der Waals surface area contributed by atoms with Gasteiger partial charge in [0.25, 0.3) is 0 Å². The molecule has 10 heteroatoms. The molecule has 0 aliphatic rings. The first-order valence-corrected chi connectivity index (χ1v) is 12.3. The predicted octanol–water partition coefficient (Wildman–Crippen LogP) is 2.92. The first-order chi connectivity index (χ1) is 15.4. The van der Waals surface area contributed by atoms with E-state index in [1.54, 1.807) is 6.07 Å². The van der Waals surface area contributed by atoms with Gasteiger partial charge in [0.1, 0.15) is 24.2 Å². The quantitative estimate of drug-likeness (QED) is 0.565. The highest BCUT2D eigenvalue weighted by atomic mass is 32.2. The van der Waals surface area contributed by atoms with Crippen LogP contribution in [0.15, 0.2) is 48.5 Å². The normalized spacial score (nSPS) is 12.3. The average Bonchev–Trinajstić information content (AvgIpc) is 2.74. The van der Waals surface area contributed by atoms with Gasteiger partial charge in [-0.05, 0) is 31.0 Å². The summed E-state index contributed by atoms with van der Waals surface area (Å²) in [6.45, 7) is 4.64. The Morgan fingerprint density at radius 3 is 2.09 bits per heavy atom. The van der Waals surface area contributed by atoms with Gasteiger partial charge in [0.05, 0.1) is 11.9 Å². The summed E-state index contributed by atoms with van der Waals surface area (Å²) in [7, 11) is -4.05. The summed E-state index contributed by atoms with van der Waals surface area (Å²) in [5.41, 5.74) is -0.137. The SMILES string of the molecule is CC(C)CNC(=O)[C@H](C)N(Cc1ccccc1F)C(=O)CN(c1ccccc1F)S(C)(=O)=O. The fourth-order valence-electron chi connectivity index (χ4n) is 3.09. The molecule has 2 rings (SSSR count). The third-order valence-corrected chi connectivity index (χ3v) is 6.08. The summed E-state index contributed by atoms with van der Waals surface area (Å²) in [6, 6.07) is 9.91. The Morgan fingerprint density at radius 1 is 0.970 bits per heavy atom. The molecule has 0 aliphatic heterocycles. The van der Waals surface area contributed by atoms with Gasteiger partial charge in [0.15, 0.2) is 0 Å². The summed E-state index contributed by atoms with van der Waals surface area (Å²) >= 11 is 0. The number of carbonyl (C=O) groups is 2. The lowest BCUT2D eigenvalue weighted by Crippen LogP contribution is -2.51. The van der Waals surface area contributed by atoms with E-state index in [4.69, 9.17) is 0 Å². The fraction of sp³-hybridized carbons (Fsp3) is 0.391. The maximum Gasteiger partial charge on any atom is 0.244 e. The number of nitrogens with one attached hydrogen (secondary N) is 1. The molecular formula is C23H29F2N3O4S. The molecule has 2 amide bonds. The smallest absolute Gasteiger partial charge is 0.244 e. The van der Waals surface area contributed by atoms with Crippen LogP contribution in [-0.4, -0.2) is 50.5 Å². The highest BCUT2D eigenvalue weighted by Crippen LogP contribution is 2.22. The van der Waals surface area contributed by atoms with E-state index >= 15 is 0 Å². The van der Waals surface area contributed by atoms with Crippen LogP contribution in [0, 0.1) is 17.6 Å². The summed E-state index contributed by atoms with van der Waals surface area (Å²) in [5.74, 6) is -2.47. The van der Waals surface area contributed by atoms with Crippen LogP contribution in [0.1, 0.15) is 26.3 Å². The summed E-state index contributed by atoms with van der Waals surface area (Å²) in [5, 5.41) is 2.72. The molecule has 0 fully saturated rings. The van der Waals surface area contributed by atoms with Gasteiger partial charge in [0.2, 0.25) is 21.8 Å². The van der Waals surface area contributed by atoms with E-state index in [0.717, 1.165) is 17.2 Å². The molecule has 0 aromatic heterocycles. The number of sulfonamides is 1. The van der Waals surface area contributed by atoms with Crippen molar-refractivity contribution in [2.45, 2.75) is 33.4 Å². The Balaban J connectivity index is 2.39. The van der Waals surface area contributed by atoms with E-state index in [2.05, 4.69) is 5.32 Å². The van der Waals surface area contributed by atoms with Gasteiger partial charge in [0, 0.05) is 18.7 Å². The van der Waals surface area contributed by atoms with Crippen LogP contribution in [-0.2, 0) is 26.2 Å². The summed E-state index contributed by atoms with van der Waals surface area (Å²) < 4.78 is 54.1. The highest BCUT2D eigenvalue weighted by molar-refractivity contribution is 7.92. The molecule has 0 aliphatic carbocycles. The van der Waals surface area contributed by atoms with Gasteiger partial charge in [-0.1, -0.05) is 44.2 Å². The zero-order valence-corrected chi connectivity index (χ0v) is 19.9. The van der Waals surface area contributed by atoms with Crippen LogP contribution < -0.4 is 9.62 Å². The standard InChI is InChI=1S/C23H29F2N3O4S/c1-16(2)13-26-23(30)17(3)27(14-18-9-5-6-10-19(18)24)22(29)15-28(33(4,31)32)21-12-8-7-11-20(21)25/h5-12,16-17H,13-15H2,1-4H3,(H,26,30)/t17-/m0/s1. The molecule has 2 aromatic carbocycles. The zero-order chi connectivity index (χ0) is 24.8. The molecule has 0 spiro atoms. The number of rotatable bonds is 10. The van der Waals surface area contributed by atoms with Crippen molar-refractivity contribution in [3.8, 4) is 0 Å². The number of carbonyl (C=O) groups excluding carboxylic acids is 2. The second-order valence-electron chi connectivity index (χ2n) is 8.15. The van der Waals surface area contributed by atoms with Gasteiger partial charge in [-0.25, -0.2) is 17.2 Å². The van der Waals surface area contributed by atoms with Gasteiger partial charge in [-0.3, -0.25) is 13.9 Å². The molecule has 1 N–H and O–H groups in total. The summed E-state index contributed by atoms with van der Waals surface area (Å²) in [6.07, 6.45) is 0.854. The Hall–Kier alpha value is -3.01. The van der Waals surface area contributed by atoms with E-state index in [0.29, 0.717) is 10.8 Å². The average molecular weight is 482 g/mol. The van der Waals surface area contributed by atoms with Crippen molar-refractivity contribution in [2.75, 3.05) is 23.7 Å². The van der Waals surface area contributed by atoms with Crippen molar-refractivity contribution >= 4 is 27.5 Å². The number of nitrogens with zero attached hydrogens (tertiary/aromatic N) is 2. The van der Waals surface area contributed by atoms with Gasteiger partial charge in [-0.15, -0.1) is 0 Å². The minimum absolute atomic E-state index is 0.158. The van der Waals surface area contributed by atoms with Crippen molar-refractivity contribution in [3.63, 3.8) is 0 Å². The zero-order valence-electron chi connectivity index (χ0n) is 19.1. The minimum Gasteiger partial charge on any atom is -0.354 e. The molecule has 0 unspecified atom stereocenters. The topological polar surface area (TPSA) is 86.8 Å². The van der Waals surface area contributed by atoms with E-state index < -0.39 is 46.1 Å². The Labute approximate surface area is 193 Å². The lowest BCUT2D eigenvalue weighted by molar-refractivity contribution is -0.139. The van der Waals surface area contributed by atoms with Crippen molar-refractivity contribution < 1.29 is 26.8 Å². The van der Waals surface area contributed by atoms with Gasteiger partial charge >= 0.3 is 0 Å². The third-order valence-electron chi connectivity index (χ3n) is 4.95. The van der Waals surface area contributed by atoms with E-state index in [1.807, 2.05) is 13.8 Å². The Bertz CT molecular complexity index is 1090. The molecule has 0 bridgehead atoms. The van der Waals surface area contributed by atoms with Crippen LogP contribution in [0.5, 0.6) is 0 Å². The monoisotopic (exact) mass is 481 g/mol. The van der Waals surface area contributed by atoms with Crippen LogP contribution >= 0.6 is 0 Å². The fourth-order valence-corrected chi connectivity index (χ4v) is 3.94. The van der Waals surface area contributed by atoms with Crippen molar-refractivity contribution in [2.24, 2.45) is 5.92 Å². The van der Waals surface area contributed by atoms with Crippen molar-refractivity contribution in [1.29, 1.82) is 0 Å². The maximum atomic E-state index is 14.3. The number of anilines is 1. The maximum absolute atomic E-state index is 14.3. The van der Waals surface area contributed by atoms with E-state index in [9.17, 15) is 26.8 Å². The molecule has 0 saturated heterocycles. The van der Waals surface area contributed by atoms with Crippen LogP contribution in [0.4, 0.5) is 14.5 Å². The first-order valence-electron chi connectivity index (χ1n) is 10.4. The molecule has 7 nitrogen and oxygen atoms in total. The molecule has 2 aromatic rings. The van der Waals surface area contributed by atoms with Crippen LogP contribution in [0.25, 0.3) is 0 Å². The second kappa shape index (κ2) is 11.2. The van der Waals surface area contributed by atoms with Gasteiger partial charge in [-0.2, -0.15) is 0 Å². The van der Waals surface area contributed by atoms with Crippen LogP contribution in [0.2, 0.25) is 0 Å². The molecule has 0 saturated carbocycles. The summed E-state index contributed by atoms with van der Waals surface area (Å²) in [4.78, 5) is 27.1. The minimum atomic E-state index is -4.05. The Kier molecular flexibility index (Phi) is 8.92. The number of hydrogen-bond acceptors (Lipinski definition) is 4. The van der Waals surface area contributed by atoms with Crippen molar-refractivity contribution in [1.82, 2.24) is 10.2 Å². The second-order valence-corrected chi connectivity index (χ2v) is 10.1. The number of hydrogen-bond donors (Lipinski definition) is 1. The molecular weight excluding hydrogens is 452 g/mol. The Morgan fingerprint density at radius 2 is 1.55 bits per heavy atom. The predicted molar refractivity (Wildman–Crippen MR) is 123 cm³/mol.